The fraction of sp³-hybridized carbons (Fsp3) is 0.455. The summed E-state index contributed by atoms with van der Waals surface area (Å²) in [5, 5.41) is 9.70. The van der Waals surface area contributed by atoms with Gasteiger partial charge in [0.25, 0.3) is 10.0 Å². The van der Waals surface area contributed by atoms with Crippen molar-refractivity contribution >= 4 is 21.8 Å². The number of nitrogens with zero attached hydrogens (tertiary/aromatic N) is 1. The van der Waals surface area contributed by atoms with E-state index in [9.17, 15) is 26.7 Å². The van der Waals surface area contributed by atoms with Crippen LogP contribution in [0.2, 0.25) is 0 Å². The number of hydrogen-bond donors (Lipinski definition) is 1. The van der Waals surface area contributed by atoms with Crippen molar-refractivity contribution in [1.29, 1.82) is 0 Å². The molecule has 0 unspecified atom stereocenters. The first-order chi connectivity index (χ1) is 9.72. The van der Waals surface area contributed by atoms with Crippen molar-refractivity contribution in [1.82, 2.24) is 4.31 Å². The summed E-state index contributed by atoms with van der Waals surface area (Å²) in [5.41, 5.74) is 0. The van der Waals surface area contributed by atoms with Crippen LogP contribution in [-0.2, 0) is 10.0 Å². The SMILES string of the molecule is O=S(=O)(c1c(O)cccc1OC(F)(F)F)N1CCSCC1. The summed E-state index contributed by atoms with van der Waals surface area (Å²) in [6, 6.07) is 2.95. The van der Waals surface area contributed by atoms with Crippen LogP contribution >= 0.6 is 11.8 Å². The molecule has 118 valence electrons. The Kier molecular flexibility index (Phi) is 4.59. The molecule has 1 aromatic rings. The van der Waals surface area contributed by atoms with Gasteiger partial charge in [0.15, 0.2) is 10.6 Å². The highest BCUT2D eigenvalue weighted by Gasteiger charge is 2.37. The third kappa shape index (κ3) is 3.74. The van der Waals surface area contributed by atoms with E-state index in [-0.39, 0.29) is 13.1 Å². The van der Waals surface area contributed by atoms with E-state index in [2.05, 4.69) is 4.74 Å². The van der Waals surface area contributed by atoms with Crippen LogP contribution in [0.25, 0.3) is 0 Å². The standard InChI is InChI=1S/C11H12F3NO4S2/c12-11(13,14)19-9-3-1-2-8(16)10(9)21(17,18)15-4-6-20-7-5-15/h1-3,16H,4-7H2. The highest BCUT2D eigenvalue weighted by Crippen LogP contribution is 2.37. The Bertz CT molecular complexity index is 612. The van der Waals surface area contributed by atoms with Crippen LogP contribution in [-0.4, -0.2) is 48.8 Å². The number of ether oxygens (including phenoxy) is 1. The number of benzene rings is 1. The molecular formula is C11H12F3NO4S2. The van der Waals surface area contributed by atoms with Gasteiger partial charge < -0.3 is 9.84 Å². The maximum absolute atomic E-state index is 12.4. The summed E-state index contributed by atoms with van der Waals surface area (Å²) >= 11 is 1.55. The zero-order valence-corrected chi connectivity index (χ0v) is 12.3. The van der Waals surface area contributed by atoms with Gasteiger partial charge in [-0.15, -0.1) is 13.2 Å². The molecule has 2 rings (SSSR count). The molecule has 0 amide bonds. The van der Waals surface area contributed by atoms with Gasteiger partial charge in [-0.05, 0) is 12.1 Å². The molecule has 1 heterocycles. The topological polar surface area (TPSA) is 66.8 Å². The van der Waals surface area contributed by atoms with Crippen LogP contribution in [0.3, 0.4) is 0 Å². The molecule has 1 saturated heterocycles. The second kappa shape index (κ2) is 5.93. The summed E-state index contributed by atoms with van der Waals surface area (Å²) in [7, 11) is -4.25. The monoisotopic (exact) mass is 343 g/mol. The molecule has 0 atom stereocenters. The Labute approximate surface area is 123 Å². The zero-order valence-electron chi connectivity index (χ0n) is 10.6. The summed E-state index contributed by atoms with van der Waals surface area (Å²) < 4.78 is 66.7. The third-order valence-corrected chi connectivity index (χ3v) is 5.67. The first-order valence-electron chi connectivity index (χ1n) is 5.87. The number of rotatable bonds is 3. The fourth-order valence-electron chi connectivity index (χ4n) is 1.88. The maximum atomic E-state index is 12.4. The number of hydrogen-bond acceptors (Lipinski definition) is 5. The van der Waals surface area contributed by atoms with E-state index in [0.717, 1.165) is 22.5 Å². The van der Waals surface area contributed by atoms with Gasteiger partial charge in [-0.25, -0.2) is 8.42 Å². The molecule has 0 saturated carbocycles. The molecule has 1 fully saturated rings. The van der Waals surface area contributed by atoms with Crippen molar-refractivity contribution in [2.24, 2.45) is 0 Å². The normalized spacial score (nSPS) is 17.7. The van der Waals surface area contributed by atoms with E-state index in [1.54, 1.807) is 11.8 Å². The predicted octanol–water partition coefficient (Wildman–Crippen LogP) is 2.03. The molecule has 10 heteroatoms. The lowest BCUT2D eigenvalue weighted by molar-refractivity contribution is -0.275. The van der Waals surface area contributed by atoms with Crippen molar-refractivity contribution < 1.29 is 31.4 Å². The second-order valence-corrected chi connectivity index (χ2v) is 7.27. The van der Waals surface area contributed by atoms with E-state index in [1.165, 1.54) is 0 Å². The molecule has 0 radical (unpaired) electrons. The number of thioether (sulfide) groups is 1. The van der Waals surface area contributed by atoms with E-state index >= 15 is 0 Å². The van der Waals surface area contributed by atoms with Crippen molar-refractivity contribution in [2.75, 3.05) is 24.6 Å². The minimum Gasteiger partial charge on any atom is -0.506 e. The molecule has 1 aromatic carbocycles. The predicted molar refractivity (Wildman–Crippen MR) is 70.9 cm³/mol. The van der Waals surface area contributed by atoms with E-state index in [0.29, 0.717) is 11.5 Å². The Hall–Kier alpha value is -1.13. The molecule has 1 aliphatic rings. The smallest absolute Gasteiger partial charge is 0.506 e. The van der Waals surface area contributed by atoms with Crippen molar-refractivity contribution in [3.05, 3.63) is 18.2 Å². The van der Waals surface area contributed by atoms with Crippen LogP contribution in [0.1, 0.15) is 0 Å². The molecule has 1 aliphatic heterocycles. The highest BCUT2D eigenvalue weighted by atomic mass is 32.2. The van der Waals surface area contributed by atoms with Gasteiger partial charge in [0.1, 0.15) is 5.75 Å². The van der Waals surface area contributed by atoms with E-state index in [1.807, 2.05) is 0 Å². The molecular weight excluding hydrogens is 331 g/mol. The van der Waals surface area contributed by atoms with Crippen molar-refractivity contribution in [3.63, 3.8) is 0 Å². The van der Waals surface area contributed by atoms with Gasteiger partial charge in [0, 0.05) is 24.6 Å². The van der Waals surface area contributed by atoms with Crippen LogP contribution in [0, 0.1) is 0 Å². The number of phenolic OH excluding ortho intramolecular Hbond substituents is 1. The number of sulfonamides is 1. The average Bonchev–Trinajstić information content (AvgIpc) is 2.37. The minimum absolute atomic E-state index is 0.173. The molecule has 5 nitrogen and oxygen atoms in total. The van der Waals surface area contributed by atoms with E-state index < -0.39 is 32.8 Å². The summed E-state index contributed by atoms with van der Waals surface area (Å²) in [6.07, 6.45) is -5.05. The Morgan fingerprint density at radius 1 is 1.24 bits per heavy atom. The quantitative estimate of drug-likeness (QED) is 0.910. The van der Waals surface area contributed by atoms with Crippen LogP contribution < -0.4 is 4.74 Å². The molecule has 0 bridgehead atoms. The van der Waals surface area contributed by atoms with Crippen molar-refractivity contribution in [3.8, 4) is 11.5 Å². The Balaban J connectivity index is 2.46. The average molecular weight is 343 g/mol. The Morgan fingerprint density at radius 3 is 2.43 bits per heavy atom. The van der Waals surface area contributed by atoms with Crippen LogP contribution in [0.15, 0.2) is 23.1 Å². The second-order valence-electron chi connectivity index (χ2n) is 4.17. The third-order valence-electron chi connectivity index (χ3n) is 2.75. The lowest BCUT2D eigenvalue weighted by Crippen LogP contribution is -2.38. The lowest BCUT2D eigenvalue weighted by Gasteiger charge is -2.26. The van der Waals surface area contributed by atoms with E-state index in [4.69, 9.17) is 0 Å². The molecule has 0 aromatic heterocycles. The van der Waals surface area contributed by atoms with Gasteiger partial charge in [-0.1, -0.05) is 6.07 Å². The number of phenols is 1. The summed E-state index contributed by atoms with van der Waals surface area (Å²) in [5.74, 6) is -0.611. The molecule has 0 spiro atoms. The lowest BCUT2D eigenvalue weighted by atomic mass is 10.3. The van der Waals surface area contributed by atoms with Gasteiger partial charge >= 0.3 is 6.36 Å². The zero-order chi connectivity index (χ0) is 15.7. The van der Waals surface area contributed by atoms with Crippen LogP contribution in [0.4, 0.5) is 13.2 Å². The summed E-state index contributed by atoms with van der Waals surface area (Å²) in [6.45, 7) is 0.347. The molecule has 1 N–H and O–H groups in total. The minimum atomic E-state index is -5.05. The first-order valence-corrected chi connectivity index (χ1v) is 8.47. The maximum Gasteiger partial charge on any atom is 0.573 e. The van der Waals surface area contributed by atoms with Gasteiger partial charge in [-0.2, -0.15) is 16.1 Å². The van der Waals surface area contributed by atoms with Gasteiger partial charge in [0.2, 0.25) is 0 Å². The largest absolute Gasteiger partial charge is 0.573 e. The number of alkyl halides is 3. The van der Waals surface area contributed by atoms with Crippen molar-refractivity contribution in [2.45, 2.75) is 11.3 Å². The number of aromatic hydroxyl groups is 1. The number of halogens is 3. The molecule has 0 aliphatic carbocycles. The molecule has 21 heavy (non-hydrogen) atoms. The van der Waals surface area contributed by atoms with Gasteiger partial charge in [0.05, 0.1) is 0 Å². The van der Waals surface area contributed by atoms with Gasteiger partial charge in [-0.3, -0.25) is 0 Å². The Morgan fingerprint density at radius 2 is 1.86 bits per heavy atom. The first kappa shape index (κ1) is 16.2. The fourth-order valence-corrected chi connectivity index (χ4v) is 4.64. The summed E-state index contributed by atoms with van der Waals surface area (Å²) in [4.78, 5) is -0.853. The van der Waals surface area contributed by atoms with Crippen LogP contribution in [0.5, 0.6) is 11.5 Å². The highest BCUT2D eigenvalue weighted by molar-refractivity contribution is 7.99.